The third kappa shape index (κ3) is 1.43. The van der Waals surface area contributed by atoms with E-state index < -0.39 is 5.97 Å². The van der Waals surface area contributed by atoms with Gasteiger partial charge >= 0.3 is 5.97 Å². The highest BCUT2D eigenvalue weighted by molar-refractivity contribution is 5.88. The molecule has 0 aliphatic carbocycles. The van der Waals surface area contributed by atoms with Crippen LogP contribution in [0.1, 0.15) is 46.4 Å². The second kappa shape index (κ2) is 3.51. The average molecular weight is 226 g/mol. The SMILES string of the molecule is Cl.O=C(O)c1ccc2c(c1)C1CCC2N1. The van der Waals surface area contributed by atoms with Gasteiger partial charge in [-0.05, 0) is 36.1 Å². The first-order valence-corrected chi connectivity index (χ1v) is 4.89. The van der Waals surface area contributed by atoms with Crippen molar-refractivity contribution in [2.24, 2.45) is 0 Å². The van der Waals surface area contributed by atoms with Crippen LogP contribution in [0.2, 0.25) is 0 Å². The monoisotopic (exact) mass is 225 g/mol. The third-order valence-electron chi connectivity index (χ3n) is 3.23. The van der Waals surface area contributed by atoms with Gasteiger partial charge in [-0.15, -0.1) is 12.4 Å². The number of hydrogen-bond acceptors (Lipinski definition) is 2. The molecule has 1 fully saturated rings. The number of nitrogens with one attached hydrogen (secondary N) is 1. The van der Waals surface area contributed by atoms with Crippen LogP contribution in [0.4, 0.5) is 0 Å². The molecule has 0 spiro atoms. The van der Waals surface area contributed by atoms with E-state index in [-0.39, 0.29) is 12.4 Å². The zero-order chi connectivity index (χ0) is 9.71. The summed E-state index contributed by atoms with van der Waals surface area (Å²) in [6, 6.07) is 6.33. The fourth-order valence-corrected chi connectivity index (χ4v) is 2.56. The molecule has 2 unspecified atom stereocenters. The first kappa shape index (κ1) is 10.5. The molecule has 15 heavy (non-hydrogen) atoms. The predicted molar refractivity (Wildman–Crippen MR) is 58.5 cm³/mol. The molecule has 3 nitrogen and oxygen atoms in total. The number of benzene rings is 1. The van der Waals surface area contributed by atoms with Gasteiger partial charge in [-0.3, -0.25) is 0 Å². The molecule has 1 aromatic rings. The number of halogens is 1. The molecular weight excluding hydrogens is 214 g/mol. The van der Waals surface area contributed by atoms with Gasteiger partial charge in [0.25, 0.3) is 0 Å². The molecule has 1 saturated heterocycles. The van der Waals surface area contributed by atoms with E-state index in [2.05, 4.69) is 5.32 Å². The molecule has 2 aliphatic rings. The molecule has 80 valence electrons. The Kier molecular flexibility index (Phi) is 2.44. The summed E-state index contributed by atoms with van der Waals surface area (Å²) >= 11 is 0. The van der Waals surface area contributed by atoms with Crippen LogP contribution in [0.5, 0.6) is 0 Å². The Bertz CT molecular complexity index is 419. The maximum absolute atomic E-state index is 10.8. The highest BCUT2D eigenvalue weighted by Crippen LogP contribution is 2.44. The van der Waals surface area contributed by atoms with Crippen molar-refractivity contribution in [3.63, 3.8) is 0 Å². The number of carboxylic acid groups (broad SMARTS) is 1. The number of fused-ring (bicyclic) bond motifs is 5. The molecule has 0 aromatic heterocycles. The smallest absolute Gasteiger partial charge is 0.335 e. The van der Waals surface area contributed by atoms with Crippen molar-refractivity contribution in [1.82, 2.24) is 5.32 Å². The number of hydrogen-bond donors (Lipinski definition) is 2. The molecule has 2 aliphatic heterocycles. The minimum Gasteiger partial charge on any atom is -0.478 e. The van der Waals surface area contributed by atoms with E-state index in [0.717, 1.165) is 6.42 Å². The van der Waals surface area contributed by atoms with E-state index in [9.17, 15) is 4.79 Å². The fourth-order valence-electron chi connectivity index (χ4n) is 2.56. The molecule has 0 radical (unpaired) electrons. The number of carbonyl (C=O) groups is 1. The Morgan fingerprint density at radius 1 is 1.27 bits per heavy atom. The van der Waals surface area contributed by atoms with Gasteiger partial charge in [0.1, 0.15) is 0 Å². The summed E-state index contributed by atoms with van der Waals surface area (Å²) in [5.74, 6) is -0.837. The summed E-state index contributed by atoms with van der Waals surface area (Å²) in [4.78, 5) is 10.8. The Morgan fingerprint density at radius 3 is 2.60 bits per heavy atom. The van der Waals surface area contributed by atoms with Gasteiger partial charge in [0, 0.05) is 12.1 Å². The van der Waals surface area contributed by atoms with Gasteiger partial charge in [0.2, 0.25) is 0 Å². The zero-order valence-electron chi connectivity index (χ0n) is 8.06. The first-order chi connectivity index (χ1) is 6.75. The second-order valence-corrected chi connectivity index (χ2v) is 4.00. The van der Waals surface area contributed by atoms with Crippen LogP contribution in [0.15, 0.2) is 18.2 Å². The van der Waals surface area contributed by atoms with E-state index in [1.165, 1.54) is 17.5 Å². The molecule has 2 N–H and O–H groups in total. The van der Waals surface area contributed by atoms with Crippen molar-refractivity contribution >= 4 is 18.4 Å². The topological polar surface area (TPSA) is 49.3 Å². The second-order valence-electron chi connectivity index (χ2n) is 4.00. The number of carboxylic acids is 1. The average Bonchev–Trinajstić information content (AvgIpc) is 2.77. The summed E-state index contributed by atoms with van der Waals surface area (Å²) in [6.07, 6.45) is 2.32. The van der Waals surface area contributed by atoms with Gasteiger partial charge in [0.15, 0.2) is 0 Å². The Balaban J connectivity index is 0.000000853. The van der Waals surface area contributed by atoms with Crippen molar-refractivity contribution < 1.29 is 9.90 Å². The lowest BCUT2D eigenvalue weighted by Crippen LogP contribution is -2.06. The molecule has 2 bridgehead atoms. The standard InChI is InChI=1S/C11H11NO2.ClH/c13-11(14)6-1-2-7-8(5-6)10-4-3-9(7)12-10;/h1-2,5,9-10,12H,3-4H2,(H,13,14);1H. The minimum absolute atomic E-state index is 0. The highest BCUT2D eigenvalue weighted by atomic mass is 35.5. The Hall–Kier alpha value is -1.06. The van der Waals surface area contributed by atoms with Crippen LogP contribution < -0.4 is 5.32 Å². The van der Waals surface area contributed by atoms with Gasteiger partial charge in [0.05, 0.1) is 5.56 Å². The van der Waals surface area contributed by atoms with Crippen molar-refractivity contribution in [2.45, 2.75) is 24.9 Å². The van der Waals surface area contributed by atoms with Crippen LogP contribution in [-0.4, -0.2) is 11.1 Å². The van der Waals surface area contributed by atoms with E-state index in [0.29, 0.717) is 17.6 Å². The molecule has 3 rings (SSSR count). The predicted octanol–water partition coefficient (Wildman–Crippen LogP) is 2.29. The summed E-state index contributed by atoms with van der Waals surface area (Å²) in [5.41, 5.74) is 2.89. The van der Waals surface area contributed by atoms with Crippen molar-refractivity contribution in [3.05, 3.63) is 34.9 Å². The first-order valence-electron chi connectivity index (χ1n) is 4.89. The maximum atomic E-state index is 10.8. The zero-order valence-corrected chi connectivity index (χ0v) is 8.88. The van der Waals surface area contributed by atoms with E-state index in [1.807, 2.05) is 12.1 Å². The van der Waals surface area contributed by atoms with Gasteiger partial charge in [-0.2, -0.15) is 0 Å². The van der Waals surface area contributed by atoms with Crippen molar-refractivity contribution in [3.8, 4) is 0 Å². The molecule has 1 aromatic carbocycles. The van der Waals surface area contributed by atoms with Gasteiger partial charge in [-0.25, -0.2) is 4.79 Å². The van der Waals surface area contributed by atoms with Gasteiger partial charge in [-0.1, -0.05) is 6.07 Å². The molecule has 4 heteroatoms. The third-order valence-corrected chi connectivity index (χ3v) is 3.23. The Morgan fingerprint density at radius 2 is 1.93 bits per heavy atom. The van der Waals surface area contributed by atoms with Crippen molar-refractivity contribution in [1.29, 1.82) is 0 Å². The van der Waals surface area contributed by atoms with Crippen molar-refractivity contribution in [2.75, 3.05) is 0 Å². The van der Waals surface area contributed by atoms with Crippen LogP contribution in [0, 0.1) is 0 Å². The molecule has 0 saturated carbocycles. The van der Waals surface area contributed by atoms with Gasteiger partial charge < -0.3 is 10.4 Å². The van der Waals surface area contributed by atoms with E-state index in [4.69, 9.17) is 5.11 Å². The van der Waals surface area contributed by atoms with Crippen LogP contribution in [-0.2, 0) is 0 Å². The quantitative estimate of drug-likeness (QED) is 0.771. The lowest BCUT2D eigenvalue weighted by atomic mass is 9.90. The lowest BCUT2D eigenvalue weighted by molar-refractivity contribution is 0.0696. The summed E-state index contributed by atoms with van der Waals surface area (Å²) < 4.78 is 0. The molecular formula is C11H12ClNO2. The van der Waals surface area contributed by atoms with Crippen LogP contribution in [0.3, 0.4) is 0 Å². The summed E-state index contributed by atoms with van der Waals surface area (Å²) in [5, 5.41) is 12.3. The molecule has 2 atom stereocenters. The largest absolute Gasteiger partial charge is 0.478 e. The number of rotatable bonds is 1. The Labute approximate surface area is 93.9 Å². The normalized spacial score (nSPS) is 25.9. The van der Waals surface area contributed by atoms with Crippen LogP contribution in [0.25, 0.3) is 0 Å². The molecule has 2 heterocycles. The molecule has 0 amide bonds. The highest BCUT2D eigenvalue weighted by Gasteiger charge is 2.36. The van der Waals surface area contributed by atoms with E-state index in [1.54, 1.807) is 6.07 Å². The fraction of sp³-hybridized carbons (Fsp3) is 0.364. The summed E-state index contributed by atoms with van der Waals surface area (Å²) in [7, 11) is 0. The maximum Gasteiger partial charge on any atom is 0.335 e. The number of aromatic carboxylic acids is 1. The minimum atomic E-state index is -0.837. The lowest BCUT2D eigenvalue weighted by Gasteiger charge is -2.12. The van der Waals surface area contributed by atoms with E-state index >= 15 is 0 Å². The van der Waals surface area contributed by atoms with Crippen LogP contribution >= 0.6 is 12.4 Å². The summed E-state index contributed by atoms with van der Waals surface area (Å²) in [6.45, 7) is 0.